The van der Waals surface area contributed by atoms with E-state index in [2.05, 4.69) is 0 Å². The van der Waals surface area contributed by atoms with Crippen LogP contribution in [0.1, 0.15) is 99.2 Å². The van der Waals surface area contributed by atoms with Crippen LogP contribution >= 0.6 is 0 Å². The Kier molecular flexibility index (Phi) is 3.25. The Morgan fingerprint density at radius 3 is 1.61 bits per heavy atom. The summed E-state index contributed by atoms with van der Waals surface area (Å²) >= 11 is 0. The van der Waals surface area contributed by atoms with E-state index < -0.39 is 144 Å². The van der Waals surface area contributed by atoms with Crippen molar-refractivity contribution in [3.63, 3.8) is 0 Å². The monoisotopic (exact) mass is 666 g/mol. The molecule has 2 aliphatic rings. The van der Waals surface area contributed by atoms with Gasteiger partial charge >= 0.3 is 0 Å². The highest BCUT2D eigenvalue weighted by atomic mass is 16.5. The summed E-state index contributed by atoms with van der Waals surface area (Å²) in [5, 5.41) is 0. The van der Waals surface area contributed by atoms with Gasteiger partial charge < -0.3 is 14.2 Å². The molecule has 0 saturated heterocycles. The highest BCUT2D eigenvalue weighted by Crippen LogP contribution is 2.53. The Morgan fingerprint density at radius 2 is 1.00 bits per heavy atom. The Balaban J connectivity index is 1.56. The van der Waals surface area contributed by atoms with Gasteiger partial charge in [0.1, 0.15) is 22.8 Å². The molecule has 0 saturated carbocycles. The first-order valence-electron chi connectivity index (χ1n) is 27.2. The molecule has 0 N–H and O–H groups in total. The lowest BCUT2D eigenvalue weighted by Gasteiger charge is -2.35. The van der Waals surface area contributed by atoms with Gasteiger partial charge in [-0.1, -0.05) is 105 Å². The molecule has 0 aromatic heterocycles. The first-order valence-corrected chi connectivity index (χ1v) is 15.2. The molecule has 0 amide bonds. The fourth-order valence-electron chi connectivity index (χ4n) is 6.54. The van der Waals surface area contributed by atoms with Gasteiger partial charge in [0.25, 0.3) is 0 Å². The van der Waals surface area contributed by atoms with Gasteiger partial charge in [0.05, 0.1) is 0 Å². The molecular weight excluding hydrogens is 601 g/mol. The van der Waals surface area contributed by atoms with Gasteiger partial charge in [0.15, 0.2) is 11.5 Å². The molecule has 3 nitrogen and oxygen atoms in total. The maximum Gasteiger partial charge on any atom is 0.169 e. The molecule has 0 bridgehead atoms. The smallest absolute Gasteiger partial charge is 0.169 e. The number of aryl methyl sites for hydroxylation is 2. The summed E-state index contributed by atoms with van der Waals surface area (Å²) in [6.45, 7) is -27.2. The van der Waals surface area contributed by atoms with E-state index in [1.165, 1.54) is 66.7 Å². The van der Waals surface area contributed by atoms with Crippen LogP contribution in [-0.2, 0) is 11.0 Å². The Hall–Kier alpha value is -5.28. The maximum absolute atomic E-state index is 9.12. The molecule has 6 aromatic rings. The van der Waals surface area contributed by atoms with Gasteiger partial charge in [-0.15, -0.1) is 0 Å². The summed E-state index contributed by atoms with van der Waals surface area (Å²) in [4.78, 5) is 0. The summed E-state index contributed by atoms with van der Waals surface area (Å²) in [5.41, 5.74) is -13.9. The second-order valence-electron chi connectivity index (χ2n) is 11.9. The third-order valence-corrected chi connectivity index (χ3v) is 8.88. The van der Waals surface area contributed by atoms with Crippen molar-refractivity contribution in [1.29, 1.82) is 0 Å². The van der Waals surface area contributed by atoms with Crippen LogP contribution in [0.2, 0.25) is 0 Å². The molecule has 0 atom stereocenters. The van der Waals surface area contributed by atoms with E-state index in [-0.39, 0.29) is 22.8 Å². The van der Waals surface area contributed by atoms with E-state index in [0.717, 1.165) is 42.5 Å². The first kappa shape index (κ1) is 14.3. The van der Waals surface area contributed by atoms with E-state index in [1.807, 2.05) is 0 Å². The summed E-state index contributed by atoms with van der Waals surface area (Å²) in [6.07, 6.45) is 0. The number of ether oxygens (including phenoxy) is 3. The average molecular weight is 667 g/mol. The lowest BCUT2D eigenvalue weighted by molar-refractivity contribution is 0.111. The molecule has 0 radical (unpaired) electrons. The maximum atomic E-state index is 9.12. The zero-order valence-electron chi connectivity index (χ0n) is 49.6. The number of para-hydroxylation sites is 5. The summed E-state index contributed by atoms with van der Waals surface area (Å²) < 4.78 is 230. The van der Waals surface area contributed by atoms with E-state index in [1.54, 1.807) is 0 Å². The van der Waals surface area contributed by atoms with Gasteiger partial charge in [-0.25, -0.2) is 0 Å². The van der Waals surface area contributed by atoms with Crippen molar-refractivity contribution in [3.8, 4) is 62.1 Å². The normalized spacial score (nSPS) is 24.2. The van der Waals surface area contributed by atoms with Crippen LogP contribution in [0.3, 0.4) is 0 Å². The molecule has 244 valence electrons. The quantitative estimate of drug-likeness (QED) is 0.188. The fraction of sp³-hybridized carbons (Fsp3) is 0.217. The highest BCUT2D eigenvalue weighted by Gasteiger charge is 2.36. The van der Waals surface area contributed by atoms with Gasteiger partial charge in [-0.2, -0.15) is 0 Å². The largest absolute Gasteiger partial charge is 0.479 e. The molecule has 2 aliphatic heterocycles. The third kappa shape index (κ3) is 4.78. The van der Waals surface area contributed by atoms with Crippen molar-refractivity contribution >= 4 is 0 Å². The Bertz CT molecular complexity index is 3140. The second-order valence-corrected chi connectivity index (χ2v) is 11.9. The van der Waals surface area contributed by atoms with Gasteiger partial charge in [-0.3, -0.25) is 0 Å². The number of rotatable bonds is 3. The minimum Gasteiger partial charge on any atom is -0.479 e. The van der Waals surface area contributed by atoms with Crippen molar-refractivity contribution in [2.24, 2.45) is 0 Å². The van der Waals surface area contributed by atoms with E-state index in [4.69, 9.17) is 47.1 Å². The average Bonchev–Trinajstić information content (AvgIpc) is 3.40. The second kappa shape index (κ2) is 11.1. The van der Waals surface area contributed by atoms with Crippen LogP contribution in [0.15, 0.2) is 109 Å². The molecule has 6 aromatic carbocycles. The minimum atomic E-state index is -3.54. The van der Waals surface area contributed by atoms with Crippen molar-refractivity contribution in [2.75, 3.05) is 0 Å². The molecule has 3 heteroatoms. The number of fused-ring (bicyclic) bond motifs is 4. The van der Waals surface area contributed by atoms with Crippen molar-refractivity contribution in [2.45, 2.75) is 65.8 Å². The Labute approximate surface area is 323 Å². The van der Waals surface area contributed by atoms with Crippen LogP contribution in [-0.4, -0.2) is 0 Å². The van der Waals surface area contributed by atoms with Gasteiger partial charge in [0.2, 0.25) is 0 Å². The molecule has 0 fully saturated rings. The first-order chi connectivity index (χ1) is 33.3. The van der Waals surface area contributed by atoms with E-state index >= 15 is 0 Å². The third-order valence-electron chi connectivity index (χ3n) is 8.88. The van der Waals surface area contributed by atoms with Crippen molar-refractivity contribution in [3.05, 3.63) is 148 Å². The topological polar surface area (TPSA) is 27.7 Å². The fourth-order valence-corrected chi connectivity index (χ4v) is 6.54. The summed E-state index contributed by atoms with van der Waals surface area (Å²) in [7, 11) is 0. The van der Waals surface area contributed by atoms with Crippen LogP contribution in [0, 0.1) is 27.4 Å². The van der Waals surface area contributed by atoms with E-state index in [0.29, 0.717) is 0 Å². The summed E-state index contributed by atoms with van der Waals surface area (Å²) in [5.74, 6) is -2.03. The van der Waals surface area contributed by atoms with Crippen molar-refractivity contribution < 1.29 is 47.1 Å². The standard InChI is InChI=1S/C46H42O3/c1-27-23-25-31(29(3)41(27)33-15-13-18-36-43(33)47-38-20-10-9-17-35(38)45(36,5)6)32-26-24-28(2)42(30(32)4)34-16-14-19-37-44(34)48-39-21-11-12-22-40(39)49-46(37,7)8/h9-26H,1-8H3/i1D3,2D3,3D3,4D3,5D3,6D3,7D3,8D3. The molecular formula is C46H42O3. The molecule has 0 unspecified atom stereocenters. The van der Waals surface area contributed by atoms with Crippen LogP contribution in [0.5, 0.6) is 28.7 Å². The minimum absolute atomic E-state index is 0.250. The van der Waals surface area contributed by atoms with Crippen LogP contribution in [0.25, 0.3) is 33.4 Å². The molecule has 49 heavy (non-hydrogen) atoms. The lowest BCUT2D eigenvalue weighted by atomic mass is 9.74. The highest BCUT2D eigenvalue weighted by molar-refractivity contribution is 5.89. The van der Waals surface area contributed by atoms with Crippen LogP contribution < -0.4 is 14.2 Å². The molecule has 8 rings (SSSR count). The van der Waals surface area contributed by atoms with E-state index in [9.17, 15) is 0 Å². The predicted molar refractivity (Wildman–Crippen MR) is 201 cm³/mol. The number of hydrogen-bond acceptors (Lipinski definition) is 3. The van der Waals surface area contributed by atoms with Crippen molar-refractivity contribution in [1.82, 2.24) is 0 Å². The number of benzene rings is 6. The zero-order valence-corrected chi connectivity index (χ0v) is 25.6. The van der Waals surface area contributed by atoms with Crippen LogP contribution in [0.4, 0.5) is 0 Å². The Morgan fingerprint density at radius 1 is 0.449 bits per heavy atom. The molecule has 2 heterocycles. The SMILES string of the molecule is [2H]C([2H])([2H])c1ccc(-c2ccc(C([2H])([2H])[2H])c(-c3cccc4c3Oc3ccccc3C4(C([2H])([2H])[2H])C([2H])([2H])[2H])c2C([2H])([2H])[2H])c(C([2H])([2H])[2H])c1-c1cccc2c1Oc1ccccc1OC2(C([2H])([2H])[2H])C([2H])([2H])[2H]. The van der Waals surface area contributed by atoms with Gasteiger partial charge in [-0.05, 0) is 104 Å². The molecule has 0 aliphatic carbocycles. The summed E-state index contributed by atoms with van der Waals surface area (Å²) in [6, 6.07) is 21.7. The predicted octanol–water partition coefficient (Wildman–Crippen LogP) is 12.8. The van der Waals surface area contributed by atoms with Gasteiger partial charge in [0, 0.05) is 66.1 Å². The number of hydrogen-bond donors (Lipinski definition) is 0. The molecule has 0 spiro atoms. The lowest BCUT2D eigenvalue weighted by Crippen LogP contribution is -2.24. The zero-order chi connectivity index (χ0) is 54.2.